The molecule has 3 aromatic rings. The molecule has 134 valence electrons. The van der Waals surface area contributed by atoms with Crippen LogP contribution in [0.25, 0.3) is 0 Å². The Morgan fingerprint density at radius 3 is 2.23 bits per heavy atom. The molecule has 5 nitrogen and oxygen atoms in total. The highest BCUT2D eigenvalue weighted by atomic mass is 16.5. The van der Waals surface area contributed by atoms with E-state index in [4.69, 9.17) is 9.47 Å². The minimum Gasteiger partial charge on any atom is -0.496 e. The maximum absolute atomic E-state index is 12.7. The first-order chi connectivity index (χ1) is 12.7. The van der Waals surface area contributed by atoms with Crippen LogP contribution >= 0.6 is 0 Å². The van der Waals surface area contributed by atoms with Gasteiger partial charge in [0.05, 0.1) is 32.4 Å². The summed E-state index contributed by atoms with van der Waals surface area (Å²) in [5.74, 6) is 1.30. The van der Waals surface area contributed by atoms with Gasteiger partial charge in [-0.15, -0.1) is 0 Å². The van der Waals surface area contributed by atoms with E-state index in [1.807, 2.05) is 77.6 Å². The van der Waals surface area contributed by atoms with Gasteiger partial charge in [0.15, 0.2) is 0 Å². The summed E-state index contributed by atoms with van der Waals surface area (Å²) in [6, 6.07) is 18.9. The summed E-state index contributed by atoms with van der Waals surface area (Å²) >= 11 is 0. The van der Waals surface area contributed by atoms with Crippen molar-refractivity contribution in [2.45, 2.75) is 12.5 Å². The average molecular weight is 350 g/mol. The lowest BCUT2D eigenvalue weighted by Gasteiger charge is -2.21. The molecule has 0 aliphatic carbocycles. The summed E-state index contributed by atoms with van der Waals surface area (Å²) in [5.41, 5.74) is 1.62. The minimum absolute atomic E-state index is 0.0980. The molecule has 0 aliphatic rings. The van der Waals surface area contributed by atoms with E-state index in [0.717, 1.165) is 11.3 Å². The van der Waals surface area contributed by atoms with E-state index in [-0.39, 0.29) is 18.4 Å². The van der Waals surface area contributed by atoms with E-state index in [9.17, 15) is 4.79 Å². The molecule has 1 atom stereocenters. The summed E-state index contributed by atoms with van der Waals surface area (Å²) in [6.45, 7) is 0. The second-order valence-corrected chi connectivity index (χ2v) is 5.84. The molecule has 0 fully saturated rings. The van der Waals surface area contributed by atoms with Gasteiger partial charge in [-0.25, -0.2) is 0 Å². The maximum atomic E-state index is 12.7. The number of carbonyl (C=O) groups excluding carboxylic acids is 1. The molecule has 5 heteroatoms. The fourth-order valence-corrected chi connectivity index (χ4v) is 3.00. The van der Waals surface area contributed by atoms with Crippen LogP contribution in [0.3, 0.4) is 0 Å². The molecule has 1 aromatic heterocycles. The van der Waals surface area contributed by atoms with Crippen LogP contribution in [-0.2, 0) is 4.79 Å². The number of hydrogen-bond acceptors (Lipinski definition) is 3. The van der Waals surface area contributed by atoms with Gasteiger partial charge >= 0.3 is 0 Å². The molecular formula is C21H22N2O3. The van der Waals surface area contributed by atoms with Crippen LogP contribution in [0.1, 0.15) is 18.0 Å². The van der Waals surface area contributed by atoms with Crippen molar-refractivity contribution in [2.75, 3.05) is 19.5 Å². The number of carbonyl (C=O) groups is 1. The van der Waals surface area contributed by atoms with E-state index in [1.54, 1.807) is 14.2 Å². The summed E-state index contributed by atoms with van der Waals surface area (Å²) in [7, 11) is 3.23. The lowest BCUT2D eigenvalue weighted by molar-refractivity contribution is -0.116. The second kappa shape index (κ2) is 8.25. The van der Waals surface area contributed by atoms with Gasteiger partial charge in [-0.3, -0.25) is 4.79 Å². The Hall–Kier alpha value is -3.21. The van der Waals surface area contributed by atoms with Crippen LogP contribution in [0.4, 0.5) is 5.69 Å². The average Bonchev–Trinajstić information content (AvgIpc) is 3.21. The Morgan fingerprint density at radius 1 is 0.923 bits per heavy atom. The zero-order valence-electron chi connectivity index (χ0n) is 14.9. The molecule has 3 rings (SSSR count). The molecule has 1 heterocycles. The highest BCUT2D eigenvalue weighted by Gasteiger charge is 2.21. The van der Waals surface area contributed by atoms with Crippen molar-refractivity contribution >= 4 is 11.6 Å². The van der Waals surface area contributed by atoms with Crippen molar-refractivity contribution in [2.24, 2.45) is 0 Å². The van der Waals surface area contributed by atoms with Crippen LogP contribution in [0.15, 0.2) is 73.1 Å². The molecule has 1 amide bonds. The van der Waals surface area contributed by atoms with Crippen molar-refractivity contribution in [3.8, 4) is 11.5 Å². The fraction of sp³-hybridized carbons (Fsp3) is 0.190. The van der Waals surface area contributed by atoms with Crippen molar-refractivity contribution < 1.29 is 14.3 Å². The monoisotopic (exact) mass is 350 g/mol. The Balaban J connectivity index is 1.86. The molecule has 0 saturated heterocycles. The van der Waals surface area contributed by atoms with Gasteiger partial charge in [-0.05, 0) is 30.3 Å². The van der Waals surface area contributed by atoms with Gasteiger partial charge in [-0.2, -0.15) is 0 Å². The summed E-state index contributed by atoms with van der Waals surface area (Å²) < 4.78 is 12.8. The molecule has 2 aromatic carbocycles. The largest absolute Gasteiger partial charge is 0.496 e. The van der Waals surface area contributed by atoms with Crippen LogP contribution in [0.5, 0.6) is 11.5 Å². The quantitative estimate of drug-likeness (QED) is 0.697. The number of ether oxygens (including phenoxy) is 2. The van der Waals surface area contributed by atoms with Crippen molar-refractivity contribution in [3.63, 3.8) is 0 Å². The third-order valence-electron chi connectivity index (χ3n) is 4.25. The summed E-state index contributed by atoms with van der Waals surface area (Å²) in [4.78, 5) is 12.7. The number of methoxy groups -OCH3 is 2. The van der Waals surface area contributed by atoms with Crippen molar-refractivity contribution in [3.05, 3.63) is 78.6 Å². The summed E-state index contributed by atoms with van der Waals surface area (Å²) in [5, 5.41) is 2.94. The molecule has 0 aliphatic heterocycles. The van der Waals surface area contributed by atoms with Gasteiger partial charge < -0.3 is 19.4 Å². The molecule has 0 unspecified atom stereocenters. The van der Waals surface area contributed by atoms with Gasteiger partial charge in [0, 0.05) is 18.0 Å². The maximum Gasteiger partial charge on any atom is 0.226 e. The third-order valence-corrected chi connectivity index (χ3v) is 4.25. The van der Waals surface area contributed by atoms with Crippen LogP contribution < -0.4 is 14.8 Å². The second-order valence-electron chi connectivity index (χ2n) is 5.84. The van der Waals surface area contributed by atoms with Crippen LogP contribution in [0.2, 0.25) is 0 Å². The minimum atomic E-state index is -0.171. The smallest absolute Gasteiger partial charge is 0.226 e. The number of para-hydroxylation sites is 3. The highest BCUT2D eigenvalue weighted by molar-refractivity contribution is 5.92. The number of amides is 1. The van der Waals surface area contributed by atoms with Crippen LogP contribution in [-0.4, -0.2) is 24.7 Å². The van der Waals surface area contributed by atoms with E-state index in [1.165, 1.54) is 0 Å². The molecule has 0 spiro atoms. The number of nitrogens with zero attached hydrogens (tertiary/aromatic N) is 1. The Morgan fingerprint density at radius 2 is 1.54 bits per heavy atom. The fourth-order valence-electron chi connectivity index (χ4n) is 3.00. The third kappa shape index (κ3) is 3.88. The zero-order chi connectivity index (χ0) is 18.4. The molecule has 1 N–H and O–H groups in total. The Kier molecular flexibility index (Phi) is 5.59. The lowest BCUT2D eigenvalue weighted by atomic mass is 10.0. The summed E-state index contributed by atoms with van der Waals surface area (Å²) in [6.07, 6.45) is 4.17. The van der Waals surface area contributed by atoms with Gasteiger partial charge in [-0.1, -0.05) is 30.3 Å². The Bertz CT molecular complexity index is 859. The van der Waals surface area contributed by atoms with E-state index in [2.05, 4.69) is 5.32 Å². The van der Waals surface area contributed by atoms with Crippen LogP contribution in [0, 0.1) is 0 Å². The normalized spacial score (nSPS) is 11.6. The number of rotatable bonds is 7. The predicted octanol–water partition coefficient (Wildman–Crippen LogP) is 4.12. The number of hydrogen-bond donors (Lipinski definition) is 1. The molecule has 0 radical (unpaired) electrons. The molecule has 0 saturated carbocycles. The molecular weight excluding hydrogens is 328 g/mol. The van der Waals surface area contributed by atoms with Gasteiger partial charge in [0.1, 0.15) is 11.5 Å². The zero-order valence-corrected chi connectivity index (χ0v) is 14.9. The Labute approximate surface area is 153 Å². The topological polar surface area (TPSA) is 52.5 Å². The molecule has 0 bridgehead atoms. The first-order valence-electron chi connectivity index (χ1n) is 8.41. The van der Waals surface area contributed by atoms with Crippen molar-refractivity contribution in [1.82, 2.24) is 4.57 Å². The van der Waals surface area contributed by atoms with Crippen molar-refractivity contribution in [1.29, 1.82) is 0 Å². The van der Waals surface area contributed by atoms with Gasteiger partial charge in [0.25, 0.3) is 0 Å². The van der Waals surface area contributed by atoms with E-state index in [0.29, 0.717) is 11.4 Å². The lowest BCUT2D eigenvalue weighted by Crippen LogP contribution is -2.20. The van der Waals surface area contributed by atoms with E-state index >= 15 is 0 Å². The highest BCUT2D eigenvalue weighted by Crippen LogP contribution is 2.31. The molecule has 26 heavy (non-hydrogen) atoms. The van der Waals surface area contributed by atoms with Gasteiger partial charge in [0.2, 0.25) is 5.91 Å². The first kappa shape index (κ1) is 17.6. The number of aromatic nitrogens is 1. The number of anilines is 1. The standard InChI is InChI=1S/C21H22N2O3/c1-25-19-11-5-3-9-16(19)18(23-13-7-8-14-23)15-21(24)22-17-10-4-6-12-20(17)26-2/h3-14,18H,15H2,1-2H3,(H,22,24)/t18-/m1/s1. The first-order valence-corrected chi connectivity index (χ1v) is 8.41. The van der Waals surface area contributed by atoms with E-state index < -0.39 is 0 Å². The number of benzene rings is 2. The number of nitrogens with one attached hydrogen (secondary N) is 1. The SMILES string of the molecule is COc1ccccc1NC(=O)C[C@H](c1ccccc1OC)n1cccc1. The predicted molar refractivity (Wildman–Crippen MR) is 102 cm³/mol.